The summed E-state index contributed by atoms with van der Waals surface area (Å²) >= 11 is 0. The lowest BCUT2D eigenvalue weighted by Gasteiger charge is -2.14. The molecule has 138 valence electrons. The summed E-state index contributed by atoms with van der Waals surface area (Å²) in [6, 6.07) is 14.6. The van der Waals surface area contributed by atoms with E-state index >= 15 is 0 Å². The van der Waals surface area contributed by atoms with Gasteiger partial charge in [0, 0.05) is 17.3 Å². The molecule has 1 amide bonds. The number of rotatable bonds is 6. The first kappa shape index (κ1) is 18.0. The van der Waals surface area contributed by atoms with Gasteiger partial charge in [0.15, 0.2) is 11.6 Å². The fourth-order valence-electron chi connectivity index (χ4n) is 2.44. The number of nitrogens with two attached hydrogens (primary N) is 1. The Labute approximate surface area is 156 Å². The van der Waals surface area contributed by atoms with Gasteiger partial charge in [-0.3, -0.25) is 15.6 Å². The molecule has 0 aliphatic carbocycles. The number of anilines is 4. The molecule has 1 heterocycles. The van der Waals surface area contributed by atoms with Crippen LogP contribution in [0.2, 0.25) is 0 Å². The second-order valence-corrected chi connectivity index (χ2v) is 5.74. The molecule has 0 atom stereocenters. The van der Waals surface area contributed by atoms with Crippen LogP contribution in [0.1, 0.15) is 15.9 Å². The number of nitrogen functional groups attached to an aromatic ring is 1. The van der Waals surface area contributed by atoms with Crippen LogP contribution >= 0.6 is 0 Å². The van der Waals surface area contributed by atoms with Crippen molar-refractivity contribution >= 4 is 28.9 Å². The fourth-order valence-corrected chi connectivity index (χ4v) is 2.44. The number of carbonyl (C=O) groups excluding carboxylic acids is 1. The minimum atomic E-state index is -0.284. The summed E-state index contributed by atoms with van der Waals surface area (Å²) in [7, 11) is 1.59. The first-order chi connectivity index (χ1) is 13.1. The summed E-state index contributed by atoms with van der Waals surface area (Å²) in [4.78, 5) is 20.5. The molecule has 8 heteroatoms. The van der Waals surface area contributed by atoms with Crippen molar-refractivity contribution in [1.82, 2.24) is 15.4 Å². The standard InChI is InChI=1S/C19H20N6O2/c1-12-6-3-4-9-15(12)19(26)25-24-18-16(20)17(21-11-22-18)23-13-7-5-8-14(10-13)27-2/h3-11H,20H2,1-2H3,(H,25,26)(H2,21,22,23,24). The third-order valence-corrected chi connectivity index (χ3v) is 3.90. The maximum Gasteiger partial charge on any atom is 0.269 e. The highest BCUT2D eigenvalue weighted by Gasteiger charge is 2.12. The number of hydrazine groups is 1. The zero-order valence-corrected chi connectivity index (χ0v) is 15.0. The largest absolute Gasteiger partial charge is 0.497 e. The Bertz CT molecular complexity index is 960. The topological polar surface area (TPSA) is 114 Å². The second-order valence-electron chi connectivity index (χ2n) is 5.74. The summed E-state index contributed by atoms with van der Waals surface area (Å²) in [5.41, 5.74) is 13.9. The minimum Gasteiger partial charge on any atom is -0.497 e. The van der Waals surface area contributed by atoms with Crippen LogP contribution in [-0.4, -0.2) is 23.0 Å². The Morgan fingerprint density at radius 1 is 1.07 bits per heavy atom. The molecule has 1 aromatic heterocycles. The maximum atomic E-state index is 12.3. The van der Waals surface area contributed by atoms with E-state index in [9.17, 15) is 4.79 Å². The van der Waals surface area contributed by atoms with Crippen molar-refractivity contribution in [2.45, 2.75) is 6.92 Å². The molecule has 0 saturated heterocycles. The van der Waals surface area contributed by atoms with Crippen molar-refractivity contribution in [1.29, 1.82) is 0 Å². The molecule has 5 N–H and O–H groups in total. The van der Waals surface area contributed by atoms with Crippen LogP contribution in [0.5, 0.6) is 5.75 Å². The van der Waals surface area contributed by atoms with Gasteiger partial charge in [-0.1, -0.05) is 24.3 Å². The Balaban J connectivity index is 1.73. The van der Waals surface area contributed by atoms with E-state index in [1.807, 2.05) is 43.3 Å². The smallest absolute Gasteiger partial charge is 0.269 e. The molecule has 8 nitrogen and oxygen atoms in total. The van der Waals surface area contributed by atoms with Gasteiger partial charge in [-0.2, -0.15) is 0 Å². The Hall–Kier alpha value is -3.81. The maximum absolute atomic E-state index is 12.3. The van der Waals surface area contributed by atoms with E-state index in [1.54, 1.807) is 19.2 Å². The van der Waals surface area contributed by atoms with Crippen LogP contribution in [0.4, 0.5) is 23.0 Å². The van der Waals surface area contributed by atoms with Crippen molar-refractivity contribution in [2.24, 2.45) is 0 Å². The number of ether oxygens (including phenoxy) is 1. The molecular formula is C19H20N6O2. The molecule has 0 fully saturated rings. The van der Waals surface area contributed by atoms with Gasteiger partial charge in [0.25, 0.3) is 5.91 Å². The predicted octanol–water partition coefficient (Wildman–Crippen LogP) is 2.88. The average Bonchev–Trinajstić information content (AvgIpc) is 2.69. The van der Waals surface area contributed by atoms with E-state index in [1.165, 1.54) is 6.33 Å². The molecule has 0 aliphatic heterocycles. The monoisotopic (exact) mass is 364 g/mol. The third kappa shape index (κ3) is 4.24. The third-order valence-electron chi connectivity index (χ3n) is 3.90. The molecular weight excluding hydrogens is 344 g/mol. The van der Waals surface area contributed by atoms with E-state index in [4.69, 9.17) is 10.5 Å². The number of aromatic nitrogens is 2. The number of aryl methyl sites for hydroxylation is 1. The van der Waals surface area contributed by atoms with Gasteiger partial charge in [-0.15, -0.1) is 0 Å². The Morgan fingerprint density at radius 2 is 1.85 bits per heavy atom. The van der Waals surface area contributed by atoms with E-state index in [2.05, 4.69) is 26.1 Å². The molecule has 27 heavy (non-hydrogen) atoms. The number of methoxy groups -OCH3 is 1. The van der Waals surface area contributed by atoms with E-state index in [0.717, 1.165) is 11.3 Å². The molecule has 3 aromatic rings. The quantitative estimate of drug-likeness (QED) is 0.497. The number of nitrogens with zero attached hydrogens (tertiary/aromatic N) is 2. The van der Waals surface area contributed by atoms with Crippen LogP contribution in [0, 0.1) is 6.92 Å². The van der Waals surface area contributed by atoms with Crippen LogP contribution < -0.4 is 26.6 Å². The Kier molecular flexibility index (Phi) is 5.36. The van der Waals surface area contributed by atoms with Crippen LogP contribution in [0.25, 0.3) is 0 Å². The van der Waals surface area contributed by atoms with Gasteiger partial charge in [0.2, 0.25) is 0 Å². The molecule has 0 radical (unpaired) electrons. The van der Waals surface area contributed by atoms with Crippen molar-refractivity contribution in [3.05, 3.63) is 66.0 Å². The van der Waals surface area contributed by atoms with E-state index in [0.29, 0.717) is 17.1 Å². The minimum absolute atomic E-state index is 0.269. The highest BCUT2D eigenvalue weighted by Crippen LogP contribution is 2.27. The van der Waals surface area contributed by atoms with Crippen LogP contribution in [0.3, 0.4) is 0 Å². The summed E-state index contributed by atoms with van der Waals surface area (Å²) < 4.78 is 5.20. The lowest BCUT2D eigenvalue weighted by atomic mass is 10.1. The highest BCUT2D eigenvalue weighted by molar-refractivity contribution is 5.96. The molecule has 0 aliphatic rings. The predicted molar refractivity (Wildman–Crippen MR) is 105 cm³/mol. The lowest BCUT2D eigenvalue weighted by molar-refractivity contribution is 0.0962. The molecule has 2 aromatic carbocycles. The molecule has 0 unspecified atom stereocenters. The fraction of sp³-hybridized carbons (Fsp3) is 0.105. The van der Waals surface area contributed by atoms with E-state index in [-0.39, 0.29) is 17.4 Å². The number of hydrogen-bond donors (Lipinski definition) is 4. The number of amides is 1. The molecule has 0 spiro atoms. The van der Waals surface area contributed by atoms with Crippen molar-refractivity contribution in [2.75, 3.05) is 23.6 Å². The van der Waals surface area contributed by atoms with Gasteiger partial charge in [0.1, 0.15) is 17.8 Å². The number of hydrogen-bond acceptors (Lipinski definition) is 7. The number of nitrogens with one attached hydrogen (secondary N) is 3. The second kappa shape index (κ2) is 8.05. The number of carbonyl (C=O) groups is 1. The summed E-state index contributed by atoms with van der Waals surface area (Å²) in [5.74, 6) is 1.12. The summed E-state index contributed by atoms with van der Waals surface area (Å²) in [6.07, 6.45) is 1.35. The Morgan fingerprint density at radius 3 is 2.63 bits per heavy atom. The van der Waals surface area contributed by atoms with Crippen LogP contribution in [0.15, 0.2) is 54.9 Å². The van der Waals surface area contributed by atoms with Gasteiger partial charge in [-0.05, 0) is 30.7 Å². The summed E-state index contributed by atoms with van der Waals surface area (Å²) in [5, 5.41) is 3.11. The number of benzene rings is 2. The van der Waals surface area contributed by atoms with Gasteiger partial charge in [0.05, 0.1) is 7.11 Å². The molecule has 0 saturated carbocycles. The summed E-state index contributed by atoms with van der Waals surface area (Å²) in [6.45, 7) is 1.87. The first-order valence-electron chi connectivity index (χ1n) is 8.22. The first-order valence-corrected chi connectivity index (χ1v) is 8.22. The molecule has 0 bridgehead atoms. The SMILES string of the molecule is COc1cccc(Nc2ncnc(NNC(=O)c3ccccc3C)c2N)c1. The van der Waals surface area contributed by atoms with Crippen LogP contribution in [-0.2, 0) is 0 Å². The molecule has 3 rings (SSSR count). The van der Waals surface area contributed by atoms with Gasteiger partial charge >= 0.3 is 0 Å². The average molecular weight is 364 g/mol. The lowest BCUT2D eigenvalue weighted by Crippen LogP contribution is -2.30. The van der Waals surface area contributed by atoms with E-state index < -0.39 is 0 Å². The highest BCUT2D eigenvalue weighted by atomic mass is 16.5. The van der Waals surface area contributed by atoms with Gasteiger partial charge < -0.3 is 15.8 Å². The normalized spacial score (nSPS) is 10.1. The van der Waals surface area contributed by atoms with Gasteiger partial charge in [-0.25, -0.2) is 9.97 Å². The zero-order chi connectivity index (χ0) is 19.2. The zero-order valence-electron chi connectivity index (χ0n) is 15.0. The van der Waals surface area contributed by atoms with Crippen molar-refractivity contribution in [3.8, 4) is 5.75 Å². The van der Waals surface area contributed by atoms with Crippen molar-refractivity contribution < 1.29 is 9.53 Å². The van der Waals surface area contributed by atoms with Crippen molar-refractivity contribution in [3.63, 3.8) is 0 Å².